The predicted octanol–water partition coefficient (Wildman–Crippen LogP) is 1.29. The zero-order valence-electron chi connectivity index (χ0n) is 11.6. The zero-order chi connectivity index (χ0) is 14.3. The molecule has 0 fully saturated rings. The molecule has 3 N–H and O–H groups in total. The normalized spacial score (nSPS) is 13.9. The van der Waals surface area contributed by atoms with Crippen LogP contribution in [0.25, 0.3) is 0 Å². The molecule has 2 unspecified atom stereocenters. The average Bonchev–Trinajstić information content (AvgIpc) is 2.82. The third-order valence-corrected chi connectivity index (χ3v) is 2.80. The topological polar surface area (TPSA) is 100 Å². The highest BCUT2D eigenvalue weighted by molar-refractivity contribution is 5.74. The molecule has 2 amide bonds. The maximum absolute atomic E-state index is 11.7. The van der Waals surface area contributed by atoms with Crippen molar-refractivity contribution in [1.82, 2.24) is 20.8 Å². The van der Waals surface area contributed by atoms with Crippen LogP contribution in [0, 0.1) is 6.92 Å². The number of aliphatic hydroxyl groups is 1. The van der Waals surface area contributed by atoms with Gasteiger partial charge in [0.15, 0.2) is 5.82 Å². The Bertz CT molecular complexity index is 394. The summed E-state index contributed by atoms with van der Waals surface area (Å²) in [7, 11) is 0. The Balaban J connectivity index is 2.37. The lowest BCUT2D eigenvalue weighted by Crippen LogP contribution is -2.39. The number of aliphatic hydroxyl groups excluding tert-OH is 1. The van der Waals surface area contributed by atoms with Gasteiger partial charge < -0.3 is 20.3 Å². The second kappa shape index (κ2) is 7.73. The van der Waals surface area contributed by atoms with Crippen LogP contribution < -0.4 is 10.6 Å². The number of hydrogen-bond donors (Lipinski definition) is 3. The van der Waals surface area contributed by atoms with Crippen molar-refractivity contribution in [3.05, 3.63) is 11.7 Å². The van der Waals surface area contributed by atoms with Gasteiger partial charge in [0.1, 0.15) is 0 Å². The number of nitrogens with zero attached hydrogens (tertiary/aromatic N) is 2. The van der Waals surface area contributed by atoms with Crippen LogP contribution in [-0.2, 0) is 0 Å². The molecule has 2 atom stereocenters. The van der Waals surface area contributed by atoms with Crippen molar-refractivity contribution < 1.29 is 14.4 Å². The van der Waals surface area contributed by atoms with E-state index in [-0.39, 0.29) is 18.2 Å². The van der Waals surface area contributed by atoms with Crippen LogP contribution in [-0.4, -0.2) is 33.9 Å². The SMILES string of the molecule is CCC(O)CCNC(=O)NC(CC)c1noc(C)n1. The average molecular weight is 270 g/mol. The molecule has 0 aliphatic carbocycles. The summed E-state index contributed by atoms with van der Waals surface area (Å²) in [6, 6.07) is -0.564. The molecule has 0 bridgehead atoms. The van der Waals surface area contributed by atoms with E-state index in [4.69, 9.17) is 4.52 Å². The Morgan fingerprint density at radius 3 is 2.68 bits per heavy atom. The molecule has 1 rings (SSSR count). The van der Waals surface area contributed by atoms with Crippen LogP contribution in [0.4, 0.5) is 4.79 Å². The van der Waals surface area contributed by atoms with Gasteiger partial charge in [-0.1, -0.05) is 19.0 Å². The van der Waals surface area contributed by atoms with Gasteiger partial charge in [0.2, 0.25) is 5.89 Å². The van der Waals surface area contributed by atoms with Crippen LogP contribution in [0.3, 0.4) is 0 Å². The van der Waals surface area contributed by atoms with Gasteiger partial charge in [0.05, 0.1) is 12.1 Å². The highest BCUT2D eigenvalue weighted by atomic mass is 16.5. The Kier molecular flexibility index (Phi) is 6.27. The van der Waals surface area contributed by atoms with E-state index in [1.165, 1.54) is 0 Å². The summed E-state index contributed by atoms with van der Waals surface area (Å²) in [5.74, 6) is 0.950. The van der Waals surface area contributed by atoms with Crippen LogP contribution in [0.2, 0.25) is 0 Å². The molecule has 0 saturated carbocycles. The minimum atomic E-state index is -0.373. The first-order chi connectivity index (χ1) is 9.06. The molecule has 1 aromatic rings. The van der Waals surface area contributed by atoms with Crippen LogP contribution >= 0.6 is 0 Å². The quantitative estimate of drug-likeness (QED) is 0.693. The largest absolute Gasteiger partial charge is 0.393 e. The van der Waals surface area contributed by atoms with Gasteiger partial charge in [-0.2, -0.15) is 4.98 Å². The minimum absolute atomic E-state index is 0.270. The third kappa shape index (κ3) is 5.25. The van der Waals surface area contributed by atoms with E-state index in [2.05, 4.69) is 20.8 Å². The van der Waals surface area contributed by atoms with Gasteiger partial charge in [0, 0.05) is 13.5 Å². The highest BCUT2D eigenvalue weighted by Gasteiger charge is 2.17. The molecule has 0 aliphatic heterocycles. The molecule has 19 heavy (non-hydrogen) atoms. The summed E-state index contributed by atoms with van der Waals surface area (Å²) in [6.07, 6.45) is 1.52. The van der Waals surface area contributed by atoms with Crippen molar-refractivity contribution in [2.75, 3.05) is 6.54 Å². The number of aromatic nitrogens is 2. The molecule has 1 heterocycles. The summed E-state index contributed by atoms with van der Waals surface area (Å²) in [5, 5.41) is 18.6. The minimum Gasteiger partial charge on any atom is -0.393 e. The number of nitrogens with one attached hydrogen (secondary N) is 2. The van der Waals surface area contributed by atoms with Gasteiger partial charge >= 0.3 is 6.03 Å². The van der Waals surface area contributed by atoms with Gasteiger partial charge in [-0.3, -0.25) is 0 Å². The van der Waals surface area contributed by atoms with E-state index in [1.54, 1.807) is 6.92 Å². The van der Waals surface area contributed by atoms with Gasteiger partial charge in [0.25, 0.3) is 0 Å². The van der Waals surface area contributed by atoms with Crippen LogP contribution in [0.15, 0.2) is 4.52 Å². The van der Waals surface area contributed by atoms with E-state index < -0.39 is 0 Å². The molecular weight excluding hydrogens is 248 g/mol. The molecule has 0 aromatic carbocycles. The number of carbonyl (C=O) groups excluding carboxylic acids is 1. The van der Waals surface area contributed by atoms with E-state index in [0.29, 0.717) is 37.5 Å². The van der Waals surface area contributed by atoms with Crippen molar-refractivity contribution in [3.63, 3.8) is 0 Å². The number of urea groups is 1. The Hall–Kier alpha value is -1.63. The van der Waals surface area contributed by atoms with E-state index in [9.17, 15) is 9.90 Å². The Morgan fingerprint density at radius 1 is 1.42 bits per heavy atom. The Labute approximate surface area is 112 Å². The summed E-state index contributed by atoms with van der Waals surface area (Å²) in [4.78, 5) is 15.8. The molecule has 7 heteroatoms. The first-order valence-electron chi connectivity index (χ1n) is 6.59. The predicted molar refractivity (Wildman–Crippen MR) is 69.5 cm³/mol. The van der Waals surface area contributed by atoms with Crippen molar-refractivity contribution in [2.24, 2.45) is 0 Å². The lowest BCUT2D eigenvalue weighted by molar-refractivity contribution is 0.160. The van der Waals surface area contributed by atoms with Crippen LogP contribution in [0.5, 0.6) is 0 Å². The maximum Gasteiger partial charge on any atom is 0.315 e. The number of amides is 2. The molecular formula is C12H22N4O3. The first-order valence-corrected chi connectivity index (χ1v) is 6.59. The Morgan fingerprint density at radius 2 is 2.16 bits per heavy atom. The fraction of sp³-hybridized carbons (Fsp3) is 0.750. The lowest BCUT2D eigenvalue weighted by atomic mass is 10.2. The van der Waals surface area contributed by atoms with Crippen LogP contribution in [0.1, 0.15) is 50.9 Å². The molecule has 0 radical (unpaired) electrons. The first kappa shape index (κ1) is 15.4. The van der Waals surface area contributed by atoms with E-state index in [0.717, 1.165) is 0 Å². The number of aryl methyl sites for hydroxylation is 1. The highest BCUT2D eigenvalue weighted by Crippen LogP contribution is 2.12. The second-order valence-corrected chi connectivity index (χ2v) is 4.38. The molecule has 0 saturated heterocycles. The number of hydrogen-bond acceptors (Lipinski definition) is 5. The summed E-state index contributed by atoms with van der Waals surface area (Å²) in [5.41, 5.74) is 0. The molecule has 108 valence electrons. The van der Waals surface area contributed by atoms with E-state index >= 15 is 0 Å². The standard InChI is InChI=1S/C12H22N4O3/c1-4-9(17)6-7-13-12(18)15-10(5-2)11-14-8(3)19-16-11/h9-10,17H,4-7H2,1-3H3,(H2,13,15,18). The second-order valence-electron chi connectivity index (χ2n) is 4.38. The van der Waals surface area contributed by atoms with Crippen molar-refractivity contribution in [1.29, 1.82) is 0 Å². The van der Waals surface area contributed by atoms with Gasteiger partial charge in [-0.05, 0) is 19.3 Å². The van der Waals surface area contributed by atoms with Crippen molar-refractivity contribution in [2.45, 2.75) is 52.2 Å². The summed E-state index contributed by atoms with van der Waals surface area (Å²) >= 11 is 0. The number of rotatable bonds is 7. The monoisotopic (exact) mass is 270 g/mol. The van der Waals surface area contributed by atoms with Gasteiger partial charge in [-0.15, -0.1) is 0 Å². The third-order valence-electron chi connectivity index (χ3n) is 2.80. The van der Waals surface area contributed by atoms with E-state index in [1.807, 2.05) is 13.8 Å². The van der Waals surface area contributed by atoms with Crippen molar-refractivity contribution in [3.8, 4) is 0 Å². The fourth-order valence-electron chi connectivity index (χ4n) is 1.57. The number of carbonyl (C=O) groups is 1. The molecule has 0 spiro atoms. The smallest absolute Gasteiger partial charge is 0.315 e. The maximum atomic E-state index is 11.7. The molecule has 7 nitrogen and oxygen atoms in total. The summed E-state index contributed by atoms with van der Waals surface area (Å²) in [6.45, 7) is 5.96. The molecule has 1 aromatic heterocycles. The molecule has 0 aliphatic rings. The zero-order valence-corrected chi connectivity index (χ0v) is 11.6. The van der Waals surface area contributed by atoms with Gasteiger partial charge in [-0.25, -0.2) is 4.79 Å². The summed E-state index contributed by atoms with van der Waals surface area (Å²) < 4.78 is 4.89. The fourth-order valence-corrected chi connectivity index (χ4v) is 1.57. The lowest BCUT2D eigenvalue weighted by Gasteiger charge is -2.14. The van der Waals surface area contributed by atoms with Crippen molar-refractivity contribution >= 4 is 6.03 Å².